The van der Waals surface area contributed by atoms with Gasteiger partial charge < -0.3 is 4.74 Å². The summed E-state index contributed by atoms with van der Waals surface area (Å²) in [5.74, 6) is 0.777. The van der Waals surface area contributed by atoms with Crippen molar-refractivity contribution in [2.45, 2.75) is 27.0 Å². The number of hydrogen-bond donors (Lipinski definition) is 0. The van der Waals surface area contributed by atoms with Crippen molar-refractivity contribution in [2.75, 3.05) is 0 Å². The summed E-state index contributed by atoms with van der Waals surface area (Å²) in [6.45, 7) is 5.40. The average Bonchev–Trinajstić information content (AvgIpc) is 2.67. The summed E-state index contributed by atoms with van der Waals surface area (Å²) >= 11 is 5.89. The van der Waals surface area contributed by atoms with Crippen LogP contribution in [0.3, 0.4) is 0 Å². The zero-order valence-corrected chi connectivity index (χ0v) is 10.7. The van der Waals surface area contributed by atoms with Crippen LogP contribution in [-0.4, -0.2) is 9.78 Å². The molecule has 0 aliphatic carbocycles. The second-order valence-electron chi connectivity index (χ2n) is 3.84. The van der Waals surface area contributed by atoms with Crippen molar-refractivity contribution in [3.8, 4) is 5.75 Å². The van der Waals surface area contributed by atoms with E-state index >= 15 is 0 Å². The number of nitrogens with zero attached hydrogens (tertiary/aromatic N) is 2. The Balaban J connectivity index is 2.06. The maximum Gasteiger partial charge on any atom is 0.130 e. The van der Waals surface area contributed by atoms with Gasteiger partial charge in [-0.25, -0.2) is 0 Å². The second kappa shape index (κ2) is 5.23. The van der Waals surface area contributed by atoms with E-state index in [0.29, 0.717) is 11.6 Å². The fraction of sp³-hybridized carbons (Fsp3) is 0.308. The number of rotatable bonds is 4. The first-order valence-electron chi connectivity index (χ1n) is 5.60. The number of benzene rings is 1. The van der Waals surface area contributed by atoms with E-state index in [2.05, 4.69) is 12.0 Å². The van der Waals surface area contributed by atoms with Crippen molar-refractivity contribution in [1.29, 1.82) is 0 Å². The average molecular weight is 251 g/mol. The number of hydrogen-bond acceptors (Lipinski definition) is 2. The standard InChI is InChI=1S/C13H15ClN2O/c1-3-16-12(7-10(2)15-16)9-17-13-6-4-5-11(14)8-13/h4-8H,3,9H2,1-2H3. The first-order valence-corrected chi connectivity index (χ1v) is 5.98. The highest BCUT2D eigenvalue weighted by atomic mass is 35.5. The molecule has 0 bridgehead atoms. The third-order valence-electron chi connectivity index (χ3n) is 2.47. The largest absolute Gasteiger partial charge is 0.487 e. The highest BCUT2D eigenvalue weighted by Crippen LogP contribution is 2.18. The molecule has 0 saturated carbocycles. The van der Waals surface area contributed by atoms with Crippen molar-refractivity contribution in [3.63, 3.8) is 0 Å². The highest BCUT2D eigenvalue weighted by Gasteiger charge is 2.04. The summed E-state index contributed by atoms with van der Waals surface area (Å²) in [6.07, 6.45) is 0. The molecule has 0 unspecified atom stereocenters. The summed E-state index contributed by atoms with van der Waals surface area (Å²) < 4.78 is 7.63. The predicted molar refractivity (Wildman–Crippen MR) is 68.4 cm³/mol. The Bertz CT molecular complexity index is 508. The maximum absolute atomic E-state index is 5.89. The van der Waals surface area contributed by atoms with Gasteiger partial charge in [0.15, 0.2) is 0 Å². The maximum atomic E-state index is 5.89. The number of aromatic nitrogens is 2. The van der Waals surface area contributed by atoms with Gasteiger partial charge in [0, 0.05) is 11.6 Å². The molecule has 0 aliphatic rings. The van der Waals surface area contributed by atoms with Gasteiger partial charge in [0.05, 0.1) is 11.4 Å². The Labute approximate surface area is 106 Å². The van der Waals surface area contributed by atoms with Gasteiger partial charge in [-0.3, -0.25) is 4.68 Å². The van der Waals surface area contributed by atoms with E-state index in [0.717, 1.165) is 23.7 Å². The van der Waals surface area contributed by atoms with Crippen molar-refractivity contribution < 1.29 is 4.74 Å². The van der Waals surface area contributed by atoms with Crippen molar-refractivity contribution in [3.05, 3.63) is 46.7 Å². The van der Waals surface area contributed by atoms with Crippen molar-refractivity contribution in [1.82, 2.24) is 9.78 Å². The number of halogens is 1. The van der Waals surface area contributed by atoms with Crippen molar-refractivity contribution in [2.24, 2.45) is 0 Å². The lowest BCUT2D eigenvalue weighted by atomic mass is 10.3. The van der Waals surface area contributed by atoms with Gasteiger partial charge in [-0.2, -0.15) is 5.10 Å². The van der Waals surface area contributed by atoms with Crippen LogP contribution in [-0.2, 0) is 13.2 Å². The molecule has 0 spiro atoms. The van der Waals surface area contributed by atoms with Gasteiger partial charge in [-0.1, -0.05) is 17.7 Å². The minimum Gasteiger partial charge on any atom is -0.487 e. The first kappa shape index (κ1) is 12.0. The zero-order chi connectivity index (χ0) is 12.3. The zero-order valence-electron chi connectivity index (χ0n) is 9.98. The van der Waals surface area contributed by atoms with Crippen LogP contribution in [0.1, 0.15) is 18.3 Å². The lowest BCUT2D eigenvalue weighted by molar-refractivity contribution is 0.292. The molecule has 0 aliphatic heterocycles. The van der Waals surface area contributed by atoms with Crippen LogP contribution in [0.5, 0.6) is 5.75 Å². The molecule has 0 fully saturated rings. The van der Waals surface area contributed by atoms with Crippen LogP contribution in [0.15, 0.2) is 30.3 Å². The van der Waals surface area contributed by atoms with Crippen LogP contribution in [0.4, 0.5) is 0 Å². The first-order chi connectivity index (χ1) is 8.19. The Kier molecular flexibility index (Phi) is 3.69. The molecule has 0 N–H and O–H groups in total. The van der Waals surface area contributed by atoms with Crippen LogP contribution < -0.4 is 4.74 Å². The molecule has 90 valence electrons. The van der Waals surface area contributed by atoms with E-state index < -0.39 is 0 Å². The predicted octanol–water partition coefficient (Wildman–Crippen LogP) is 3.44. The lowest BCUT2D eigenvalue weighted by Gasteiger charge is -2.07. The number of ether oxygens (including phenoxy) is 1. The van der Waals surface area contributed by atoms with Gasteiger partial charge in [-0.15, -0.1) is 0 Å². The SMILES string of the molecule is CCn1nc(C)cc1COc1cccc(Cl)c1. The fourth-order valence-corrected chi connectivity index (χ4v) is 1.88. The Morgan fingerprint density at radius 3 is 2.88 bits per heavy atom. The molecule has 0 amide bonds. The van der Waals surface area contributed by atoms with E-state index in [-0.39, 0.29) is 0 Å². The summed E-state index contributed by atoms with van der Waals surface area (Å²) in [7, 11) is 0. The van der Waals surface area contributed by atoms with Crippen LogP contribution >= 0.6 is 11.6 Å². The van der Waals surface area contributed by atoms with Gasteiger partial charge in [-0.05, 0) is 38.1 Å². The Morgan fingerprint density at radius 2 is 2.18 bits per heavy atom. The molecule has 0 atom stereocenters. The summed E-state index contributed by atoms with van der Waals surface area (Å²) in [6, 6.07) is 9.44. The minimum absolute atomic E-state index is 0.509. The molecule has 1 aromatic carbocycles. The van der Waals surface area contributed by atoms with E-state index in [1.165, 1.54) is 0 Å². The van der Waals surface area contributed by atoms with Crippen LogP contribution in [0.25, 0.3) is 0 Å². The molecule has 2 rings (SSSR count). The monoisotopic (exact) mass is 250 g/mol. The van der Waals surface area contributed by atoms with E-state index in [1.807, 2.05) is 35.9 Å². The quantitative estimate of drug-likeness (QED) is 0.831. The van der Waals surface area contributed by atoms with Crippen molar-refractivity contribution >= 4 is 11.6 Å². The topological polar surface area (TPSA) is 27.1 Å². The summed E-state index contributed by atoms with van der Waals surface area (Å²) in [5.41, 5.74) is 2.08. The van der Waals surface area contributed by atoms with Gasteiger partial charge in [0.2, 0.25) is 0 Å². The Morgan fingerprint density at radius 1 is 1.35 bits per heavy atom. The molecule has 2 aromatic rings. The smallest absolute Gasteiger partial charge is 0.130 e. The van der Waals surface area contributed by atoms with Gasteiger partial charge in [0.25, 0.3) is 0 Å². The molecule has 1 aromatic heterocycles. The third kappa shape index (κ3) is 3.01. The molecular weight excluding hydrogens is 236 g/mol. The van der Waals surface area contributed by atoms with Crippen LogP contribution in [0.2, 0.25) is 5.02 Å². The Hall–Kier alpha value is -1.48. The third-order valence-corrected chi connectivity index (χ3v) is 2.70. The summed E-state index contributed by atoms with van der Waals surface area (Å²) in [4.78, 5) is 0. The number of aryl methyl sites for hydroxylation is 2. The second-order valence-corrected chi connectivity index (χ2v) is 4.28. The lowest BCUT2D eigenvalue weighted by Crippen LogP contribution is -2.06. The molecule has 17 heavy (non-hydrogen) atoms. The molecule has 0 saturated heterocycles. The van der Waals surface area contributed by atoms with Gasteiger partial charge >= 0.3 is 0 Å². The minimum atomic E-state index is 0.509. The fourth-order valence-electron chi connectivity index (χ4n) is 1.70. The van der Waals surface area contributed by atoms with Crippen LogP contribution in [0, 0.1) is 6.92 Å². The molecule has 0 radical (unpaired) electrons. The summed E-state index contributed by atoms with van der Waals surface area (Å²) in [5, 5.41) is 5.05. The van der Waals surface area contributed by atoms with E-state index in [1.54, 1.807) is 6.07 Å². The molecule has 4 heteroatoms. The highest BCUT2D eigenvalue weighted by molar-refractivity contribution is 6.30. The normalized spacial score (nSPS) is 10.5. The van der Waals surface area contributed by atoms with Gasteiger partial charge in [0.1, 0.15) is 12.4 Å². The molecular formula is C13H15ClN2O. The molecule has 1 heterocycles. The van der Waals surface area contributed by atoms with E-state index in [9.17, 15) is 0 Å². The van der Waals surface area contributed by atoms with E-state index in [4.69, 9.17) is 16.3 Å². The molecule has 3 nitrogen and oxygen atoms in total.